The van der Waals surface area contributed by atoms with Crippen LogP contribution in [-0.2, 0) is 11.3 Å². The quantitative estimate of drug-likeness (QED) is 0.786. The number of carbonyl (C=O) groups excluding carboxylic acids is 1. The third-order valence-electron chi connectivity index (χ3n) is 3.78. The SMILES string of the molecule is CCN(Cc1ccccc1C)C(=O)COc1ccccc1OC. The smallest absolute Gasteiger partial charge is 0.260 e. The summed E-state index contributed by atoms with van der Waals surface area (Å²) in [6.07, 6.45) is 0. The lowest BCUT2D eigenvalue weighted by Gasteiger charge is -2.22. The van der Waals surface area contributed by atoms with Crippen LogP contribution in [0.25, 0.3) is 0 Å². The van der Waals surface area contributed by atoms with Crippen molar-refractivity contribution in [2.45, 2.75) is 20.4 Å². The van der Waals surface area contributed by atoms with Gasteiger partial charge in [-0.25, -0.2) is 0 Å². The first-order valence-electron chi connectivity index (χ1n) is 7.73. The number of amides is 1. The van der Waals surface area contributed by atoms with Gasteiger partial charge in [0.05, 0.1) is 7.11 Å². The van der Waals surface area contributed by atoms with Crippen molar-refractivity contribution in [3.63, 3.8) is 0 Å². The fourth-order valence-electron chi connectivity index (χ4n) is 2.34. The van der Waals surface area contributed by atoms with Crippen LogP contribution >= 0.6 is 0 Å². The molecule has 0 aromatic heterocycles. The second-order valence-corrected chi connectivity index (χ2v) is 5.27. The van der Waals surface area contributed by atoms with Crippen molar-refractivity contribution in [3.05, 3.63) is 59.7 Å². The zero-order chi connectivity index (χ0) is 16.7. The highest BCUT2D eigenvalue weighted by atomic mass is 16.5. The lowest BCUT2D eigenvalue weighted by molar-refractivity contribution is -0.133. The van der Waals surface area contributed by atoms with Gasteiger partial charge >= 0.3 is 0 Å². The first-order valence-corrected chi connectivity index (χ1v) is 7.73. The number of hydrogen-bond donors (Lipinski definition) is 0. The van der Waals surface area contributed by atoms with Crippen molar-refractivity contribution in [1.29, 1.82) is 0 Å². The Morgan fingerprint density at radius 3 is 2.35 bits per heavy atom. The zero-order valence-corrected chi connectivity index (χ0v) is 13.9. The number of benzene rings is 2. The van der Waals surface area contributed by atoms with E-state index in [1.807, 2.05) is 43.3 Å². The fraction of sp³-hybridized carbons (Fsp3) is 0.316. The minimum absolute atomic E-state index is 0.0000938. The van der Waals surface area contributed by atoms with Gasteiger partial charge in [-0.1, -0.05) is 36.4 Å². The number of para-hydroxylation sites is 2. The highest BCUT2D eigenvalue weighted by Crippen LogP contribution is 2.25. The molecule has 23 heavy (non-hydrogen) atoms. The van der Waals surface area contributed by atoms with Gasteiger partial charge in [0.1, 0.15) is 0 Å². The van der Waals surface area contributed by atoms with E-state index in [1.54, 1.807) is 18.1 Å². The summed E-state index contributed by atoms with van der Waals surface area (Å²) in [5, 5.41) is 0. The Labute approximate surface area is 137 Å². The van der Waals surface area contributed by atoms with E-state index in [0.717, 1.165) is 5.56 Å². The molecule has 0 radical (unpaired) electrons. The minimum atomic E-state index is -0.0401. The van der Waals surface area contributed by atoms with E-state index in [2.05, 4.69) is 13.0 Å². The van der Waals surface area contributed by atoms with E-state index < -0.39 is 0 Å². The molecule has 4 nitrogen and oxygen atoms in total. The Hall–Kier alpha value is -2.49. The Bertz CT molecular complexity index is 655. The summed E-state index contributed by atoms with van der Waals surface area (Å²) < 4.78 is 10.9. The van der Waals surface area contributed by atoms with E-state index in [4.69, 9.17) is 9.47 Å². The maximum atomic E-state index is 12.4. The summed E-state index contributed by atoms with van der Waals surface area (Å²) in [6, 6.07) is 15.4. The van der Waals surface area contributed by atoms with Gasteiger partial charge in [0, 0.05) is 13.1 Å². The second kappa shape index (κ2) is 8.22. The monoisotopic (exact) mass is 313 g/mol. The number of nitrogens with zero attached hydrogens (tertiary/aromatic N) is 1. The normalized spacial score (nSPS) is 10.2. The third-order valence-corrected chi connectivity index (χ3v) is 3.78. The molecule has 0 aliphatic rings. The predicted octanol–water partition coefficient (Wildman–Crippen LogP) is 3.43. The molecule has 0 aliphatic heterocycles. The fourth-order valence-corrected chi connectivity index (χ4v) is 2.34. The molecular formula is C19H23NO3. The van der Waals surface area contributed by atoms with Crippen molar-refractivity contribution in [3.8, 4) is 11.5 Å². The summed E-state index contributed by atoms with van der Waals surface area (Å²) >= 11 is 0. The van der Waals surface area contributed by atoms with Gasteiger partial charge in [-0.2, -0.15) is 0 Å². The van der Waals surface area contributed by atoms with Gasteiger partial charge in [0.25, 0.3) is 5.91 Å². The van der Waals surface area contributed by atoms with Gasteiger partial charge in [-0.3, -0.25) is 4.79 Å². The molecule has 0 saturated heterocycles. The first-order chi connectivity index (χ1) is 11.2. The molecular weight excluding hydrogens is 290 g/mol. The number of aryl methyl sites for hydroxylation is 1. The van der Waals surface area contributed by atoms with Crippen molar-refractivity contribution >= 4 is 5.91 Å². The molecule has 2 aromatic carbocycles. The number of likely N-dealkylation sites (N-methyl/N-ethyl adjacent to an activating group) is 1. The van der Waals surface area contributed by atoms with Crippen LogP contribution < -0.4 is 9.47 Å². The topological polar surface area (TPSA) is 38.8 Å². The Morgan fingerprint density at radius 1 is 1.04 bits per heavy atom. The van der Waals surface area contributed by atoms with Gasteiger partial charge in [-0.05, 0) is 37.1 Å². The molecule has 4 heteroatoms. The average molecular weight is 313 g/mol. The van der Waals surface area contributed by atoms with E-state index in [0.29, 0.717) is 24.6 Å². The van der Waals surface area contributed by atoms with Crippen LogP contribution in [0, 0.1) is 6.92 Å². The molecule has 0 saturated carbocycles. The van der Waals surface area contributed by atoms with Crippen LogP contribution in [0.15, 0.2) is 48.5 Å². The Morgan fingerprint density at radius 2 is 1.70 bits per heavy atom. The molecule has 0 fully saturated rings. The standard InChI is InChI=1S/C19H23NO3/c1-4-20(13-16-10-6-5-9-15(16)2)19(21)14-23-18-12-8-7-11-17(18)22-3/h5-12H,4,13-14H2,1-3H3. The summed E-state index contributed by atoms with van der Waals surface area (Å²) in [5.74, 6) is 1.17. The molecule has 2 aromatic rings. The molecule has 2 rings (SSSR count). The zero-order valence-electron chi connectivity index (χ0n) is 13.9. The molecule has 122 valence electrons. The van der Waals surface area contributed by atoms with Gasteiger partial charge in [-0.15, -0.1) is 0 Å². The largest absolute Gasteiger partial charge is 0.493 e. The lowest BCUT2D eigenvalue weighted by atomic mass is 10.1. The van der Waals surface area contributed by atoms with E-state index in [1.165, 1.54) is 5.56 Å². The third kappa shape index (κ3) is 4.49. The predicted molar refractivity (Wildman–Crippen MR) is 90.8 cm³/mol. The second-order valence-electron chi connectivity index (χ2n) is 5.27. The van der Waals surface area contributed by atoms with Crippen molar-refractivity contribution in [2.24, 2.45) is 0 Å². The average Bonchev–Trinajstić information content (AvgIpc) is 2.59. The first kappa shape index (κ1) is 16.9. The summed E-state index contributed by atoms with van der Waals surface area (Å²) in [6.45, 7) is 5.26. The highest BCUT2D eigenvalue weighted by Gasteiger charge is 2.14. The number of carbonyl (C=O) groups is 1. The van der Waals surface area contributed by atoms with Gasteiger partial charge in [0.2, 0.25) is 0 Å². The van der Waals surface area contributed by atoms with Gasteiger partial charge < -0.3 is 14.4 Å². The Balaban J connectivity index is 1.99. The van der Waals surface area contributed by atoms with Crippen LogP contribution in [0.4, 0.5) is 0 Å². The molecule has 0 N–H and O–H groups in total. The minimum Gasteiger partial charge on any atom is -0.493 e. The summed E-state index contributed by atoms with van der Waals surface area (Å²) in [4.78, 5) is 14.2. The molecule has 0 unspecified atom stereocenters. The number of rotatable bonds is 7. The number of hydrogen-bond acceptors (Lipinski definition) is 3. The van der Waals surface area contributed by atoms with Crippen LogP contribution in [0.5, 0.6) is 11.5 Å². The Kier molecular flexibility index (Phi) is 6.03. The molecule has 0 aliphatic carbocycles. The summed E-state index contributed by atoms with van der Waals surface area (Å²) in [5.41, 5.74) is 2.34. The molecule has 0 atom stereocenters. The number of methoxy groups -OCH3 is 1. The van der Waals surface area contributed by atoms with Crippen LogP contribution in [0.2, 0.25) is 0 Å². The maximum absolute atomic E-state index is 12.4. The van der Waals surface area contributed by atoms with E-state index in [-0.39, 0.29) is 12.5 Å². The van der Waals surface area contributed by atoms with Crippen molar-refractivity contribution < 1.29 is 14.3 Å². The van der Waals surface area contributed by atoms with E-state index in [9.17, 15) is 4.79 Å². The molecule has 1 amide bonds. The van der Waals surface area contributed by atoms with Crippen LogP contribution in [-0.4, -0.2) is 31.1 Å². The van der Waals surface area contributed by atoms with Crippen LogP contribution in [0.1, 0.15) is 18.1 Å². The van der Waals surface area contributed by atoms with Crippen molar-refractivity contribution in [1.82, 2.24) is 4.90 Å². The maximum Gasteiger partial charge on any atom is 0.260 e. The highest BCUT2D eigenvalue weighted by molar-refractivity contribution is 5.77. The van der Waals surface area contributed by atoms with E-state index >= 15 is 0 Å². The van der Waals surface area contributed by atoms with Crippen LogP contribution in [0.3, 0.4) is 0 Å². The van der Waals surface area contributed by atoms with Gasteiger partial charge in [0.15, 0.2) is 18.1 Å². The number of ether oxygens (including phenoxy) is 2. The molecule has 0 bridgehead atoms. The summed E-state index contributed by atoms with van der Waals surface area (Å²) in [7, 11) is 1.58. The molecule has 0 heterocycles. The molecule has 0 spiro atoms. The van der Waals surface area contributed by atoms with Crippen molar-refractivity contribution in [2.75, 3.05) is 20.3 Å². The lowest BCUT2D eigenvalue weighted by Crippen LogP contribution is -2.34.